The maximum Gasteiger partial charge on any atom is 0.246 e. The average Bonchev–Trinajstić information content (AvgIpc) is 2.69. The molecule has 0 saturated heterocycles. The molecule has 0 radical (unpaired) electrons. The summed E-state index contributed by atoms with van der Waals surface area (Å²) in [5, 5.41) is 6.22. The second-order valence-corrected chi connectivity index (χ2v) is 7.32. The highest BCUT2D eigenvalue weighted by molar-refractivity contribution is 6.18. The molecule has 0 aliphatic heterocycles. The summed E-state index contributed by atoms with van der Waals surface area (Å²) >= 11 is 11.7. The summed E-state index contributed by atoms with van der Waals surface area (Å²) in [7, 11) is 0. The van der Waals surface area contributed by atoms with E-state index < -0.39 is 0 Å². The number of anilines is 1. The van der Waals surface area contributed by atoms with Gasteiger partial charge in [0, 0.05) is 62.4 Å². The molecule has 0 aromatic heterocycles. The maximum absolute atomic E-state index is 11.3. The van der Waals surface area contributed by atoms with Gasteiger partial charge in [-0.15, -0.1) is 23.2 Å². The maximum atomic E-state index is 11.3. The van der Waals surface area contributed by atoms with Gasteiger partial charge in [-0.3, -0.25) is 4.79 Å². The van der Waals surface area contributed by atoms with E-state index in [2.05, 4.69) is 46.4 Å². The Balaban J connectivity index is 2.08. The van der Waals surface area contributed by atoms with Crippen LogP contribution in [0.1, 0.15) is 25.3 Å². The molecule has 5 nitrogen and oxygen atoms in total. The molecule has 28 heavy (non-hydrogen) atoms. The third-order valence-electron chi connectivity index (χ3n) is 4.12. The molecule has 1 amide bonds. The quantitative estimate of drug-likeness (QED) is 0.239. The Bertz CT molecular complexity index is 561. The van der Waals surface area contributed by atoms with Gasteiger partial charge in [-0.25, -0.2) is 0 Å². The fourth-order valence-corrected chi connectivity index (χ4v) is 2.97. The van der Waals surface area contributed by atoms with E-state index in [1.807, 2.05) is 0 Å². The van der Waals surface area contributed by atoms with Gasteiger partial charge in [0.2, 0.25) is 5.91 Å². The normalized spacial score (nSPS) is 10.7. The van der Waals surface area contributed by atoms with Crippen LogP contribution in [-0.2, 0) is 16.1 Å². The van der Waals surface area contributed by atoms with Gasteiger partial charge in [0.05, 0.1) is 0 Å². The van der Waals surface area contributed by atoms with Crippen molar-refractivity contribution in [2.45, 2.75) is 26.3 Å². The van der Waals surface area contributed by atoms with Crippen molar-refractivity contribution in [2.24, 2.45) is 0 Å². The third-order valence-corrected chi connectivity index (χ3v) is 4.46. The molecule has 1 aromatic carbocycles. The second kappa shape index (κ2) is 15.6. The molecule has 158 valence electrons. The highest BCUT2D eigenvalue weighted by atomic mass is 35.5. The van der Waals surface area contributed by atoms with Gasteiger partial charge in [0.1, 0.15) is 0 Å². The first-order valence-electron chi connectivity index (χ1n) is 9.76. The fraction of sp³-hybridized carbons (Fsp3) is 0.571. The minimum atomic E-state index is -0.0944. The summed E-state index contributed by atoms with van der Waals surface area (Å²) < 4.78 is 5.58. The lowest BCUT2D eigenvalue weighted by atomic mass is 10.2. The minimum Gasteiger partial charge on any atom is -0.381 e. The molecular weight excluding hydrogens is 397 g/mol. The number of nitrogens with one attached hydrogen (secondary N) is 2. The number of nitrogens with zero attached hydrogens (tertiary/aromatic N) is 1. The number of carbonyl (C=O) groups excluding carboxylic acids is 1. The predicted octanol–water partition coefficient (Wildman–Crippen LogP) is 3.55. The van der Waals surface area contributed by atoms with Gasteiger partial charge < -0.3 is 20.3 Å². The number of carbonyl (C=O) groups is 1. The molecular formula is C21H33Cl2N3O2. The second-order valence-electron chi connectivity index (χ2n) is 6.56. The van der Waals surface area contributed by atoms with E-state index in [0.29, 0.717) is 37.1 Å². The smallest absolute Gasteiger partial charge is 0.246 e. The lowest BCUT2D eigenvalue weighted by Crippen LogP contribution is -2.27. The minimum absolute atomic E-state index is 0.0944. The summed E-state index contributed by atoms with van der Waals surface area (Å²) in [4.78, 5) is 13.5. The number of amides is 1. The Morgan fingerprint density at radius 3 is 2.25 bits per heavy atom. The molecule has 1 aromatic rings. The van der Waals surface area contributed by atoms with Gasteiger partial charge in [-0.1, -0.05) is 18.7 Å². The summed E-state index contributed by atoms with van der Waals surface area (Å²) in [5.74, 6) is 1.08. The van der Waals surface area contributed by atoms with Crippen LogP contribution in [0.3, 0.4) is 0 Å². The van der Waals surface area contributed by atoms with Gasteiger partial charge in [-0.05, 0) is 44.0 Å². The number of rotatable bonds is 16. The standard InChI is InChI=1S/C21H33Cl2N3O2/c1-18(2)21(27)25-12-4-16-28-15-3-11-24-17-19-5-7-20(8-6-19)26(13-9-22)14-10-23/h5-8,24H,1,3-4,9-17H2,2H3,(H,25,27). The molecule has 0 fully saturated rings. The molecule has 0 aliphatic carbocycles. The molecule has 7 heteroatoms. The topological polar surface area (TPSA) is 53.6 Å². The van der Waals surface area contributed by atoms with E-state index in [9.17, 15) is 4.79 Å². The van der Waals surface area contributed by atoms with Gasteiger partial charge >= 0.3 is 0 Å². The number of hydrogen-bond donors (Lipinski definition) is 2. The third kappa shape index (κ3) is 10.9. The van der Waals surface area contributed by atoms with Crippen molar-refractivity contribution < 1.29 is 9.53 Å². The van der Waals surface area contributed by atoms with E-state index in [1.54, 1.807) is 6.92 Å². The van der Waals surface area contributed by atoms with Crippen LogP contribution in [0.5, 0.6) is 0 Å². The Morgan fingerprint density at radius 2 is 1.68 bits per heavy atom. The lowest BCUT2D eigenvalue weighted by Gasteiger charge is -2.23. The van der Waals surface area contributed by atoms with E-state index in [-0.39, 0.29) is 5.91 Å². The predicted molar refractivity (Wildman–Crippen MR) is 120 cm³/mol. The Labute approximate surface area is 179 Å². The van der Waals surface area contributed by atoms with Crippen molar-refractivity contribution in [2.75, 3.05) is 56.1 Å². The van der Waals surface area contributed by atoms with Crippen LogP contribution >= 0.6 is 23.2 Å². The largest absolute Gasteiger partial charge is 0.381 e. The monoisotopic (exact) mass is 429 g/mol. The van der Waals surface area contributed by atoms with Crippen LogP contribution in [0.4, 0.5) is 5.69 Å². The molecule has 0 heterocycles. The molecule has 0 atom stereocenters. The van der Waals surface area contributed by atoms with Gasteiger partial charge in [0.25, 0.3) is 0 Å². The molecule has 1 rings (SSSR count). The number of benzene rings is 1. The Kier molecular flexibility index (Phi) is 13.8. The van der Waals surface area contributed by atoms with Crippen LogP contribution < -0.4 is 15.5 Å². The first-order chi connectivity index (χ1) is 13.6. The molecule has 0 saturated carbocycles. The van der Waals surface area contributed by atoms with Crippen molar-refractivity contribution in [1.82, 2.24) is 10.6 Å². The first kappa shape index (κ1) is 24.8. The molecule has 2 N–H and O–H groups in total. The van der Waals surface area contributed by atoms with E-state index >= 15 is 0 Å². The van der Waals surface area contributed by atoms with Crippen molar-refractivity contribution in [3.63, 3.8) is 0 Å². The van der Waals surface area contributed by atoms with E-state index in [0.717, 1.165) is 44.7 Å². The highest BCUT2D eigenvalue weighted by Crippen LogP contribution is 2.15. The zero-order valence-electron chi connectivity index (χ0n) is 16.8. The number of ether oxygens (including phenoxy) is 1. The summed E-state index contributed by atoms with van der Waals surface area (Å²) in [6.45, 7) is 10.6. The average molecular weight is 430 g/mol. The summed E-state index contributed by atoms with van der Waals surface area (Å²) in [5.41, 5.74) is 2.93. The zero-order chi connectivity index (χ0) is 20.6. The Hall–Kier alpha value is -1.27. The molecule has 0 unspecified atom stereocenters. The molecule has 0 bridgehead atoms. The highest BCUT2D eigenvalue weighted by Gasteiger charge is 2.05. The number of hydrogen-bond acceptors (Lipinski definition) is 4. The van der Waals surface area contributed by atoms with Crippen molar-refractivity contribution in [3.8, 4) is 0 Å². The zero-order valence-corrected chi connectivity index (χ0v) is 18.3. The Morgan fingerprint density at radius 1 is 1.07 bits per heavy atom. The lowest BCUT2D eigenvalue weighted by molar-refractivity contribution is -0.117. The van der Waals surface area contributed by atoms with E-state index in [1.165, 1.54) is 5.56 Å². The fourth-order valence-electron chi connectivity index (χ4n) is 2.56. The van der Waals surface area contributed by atoms with Crippen molar-refractivity contribution in [3.05, 3.63) is 42.0 Å². The van der Waals surface area contributed by atoms with Crippen LogP contribution in [0, 0.1) is 0 Å². The molecule has 0 spiro atoms. The van der Waals surface area contributed by atoms with Crippen LogP contribution in [-0.4, -0.2) is 57.1 Å². The number of alkyl halides is 2. The number of halogens is 2. The van der Waals surface area contributed by atoms with Gasteiger partial charge in [-0.2, -0.15) is 0 Å². The van der Waals surface area contributed by atoms with E-state index in [4.69, 9.17) is 27.9 Å². The first-order valence-corrected chi connectivity index (χ1v) is 10.8. The summed E-state index contributed by atoms with van der Waals surface area (Å²) in [6, 6.07) is 8.50. The van der Waals surface area contributed by atoms with Gasteiger partial charge in [0.15, 0.2) is 0 Å². The van der Waals surface area contributed by atoms with Crippen LogP contribution in [0.25, 0.3) is 0 Å². The van der Waals surface area contributed by atoms with Crippen LogP contribution in [0.15, 0.2) is 36.4 Å². The molecule has 0 aliphatic rings. The summed E-state index contributed by atoms with van der Waals surface area (Å²) in [6.07, 6.45) is 1.76. The van der Waals surface area contributed by atoms with Crippen molar-refractivity contribution in [1.29, 1.82) is 0 Å². The SMILES string of the molecule is C=C(C)C(=O)NCCCOCCCNCc1ccc(N(CCCl)CCCl)cc1. The van der Waals surface area contributed by atoms with Crippen LogP contribution in [0.2, 0.25) is 0 Å². The van der Waals surface area contributed by atoms with Crippen molar-refractivity contribution >= 4 is 34.8 Å².